The second kappa shape index (κ2) is 13.2. The quantitative estimate of drug-likeness (QED) is 0.331. The molecule has 0 fully saturated rings. The maximum absolute atomic E-state index is 12.4. The number of carbonyl (C=O) groups is 4. The number of benzene rings is 1. The summed E-state index contributed by atoms with van der Waals surface area (Å²) in [5.41, 5.74) is -0.0286. The SMILES string of the molecule is C[n+]1cccc(C(=O)NCCc2ccc(OC(=O)C(C)(C)C)c(OC(=O)C(C)(C)C)c2)c1.O=C([O-])C(F)(F)F. The summed E-state index contributed by atoms with van der Waals surface area (Å²) >= 11 is 0. The molecule has 1 N–H and O–H groups in total. The van der Waals surface area contributed by atoms with E-state index in [0.717, 1.165) is 5.56 Å². The zero-order valence-corrected chi connectivity index (χ0v) is 22.9. The van der Waals surface area contributed by atoms with Crippen molar-refractivity contribution in [3.63, 3.8) is 0 Å². The third kappa shape index (κ3) is 11.5. The minimum atomic E-state index is -5.19. The number of hydrogen-bond acceptors (Lipinski definition) is 7. The molecule has 12 heteroatoms. The summed E-state index contributed by atoms with van der Waals surface area (Å²) in [6.45, 7) is 10.9. The van der Waals surface area contributed by atoms with Crippen LogP contribution >= 0.6 is 0 Å². The smallest absolute Gasteiger partial charge is 0.430 e. The Bertz CT molecular complexity index is 1200. The monoisotopic (exact) mass is 554 g/mol. The molecule has 9 nitrogen and oxygen atoms in total. The van der Waals surface area contributed by atoms with Crippen LogP contribution in [0.3, 0.4) is 0 Å². The summed E-state index contributed by atoms with van der Waals surface area (Å²) in [7, 11) is 1.85. The minimum absolute atomic E-state index is 0.170. The third-order valence-electron chi connectivity index (χ3n) is 4.77. The Morgan fingerprint density at radius 3 is 1.87 bits per heavy atom. The normalized spacial score (nSPS) is 11.5. The van der Waals surface area contributed by atoms with Crippen LogP contribution in [0.15, 0.2) is 42.7 Å². The van der Waals surface area contributed by atoms with Crippen molar-refractivity contribution in [3.05, 3.63) is 53.9 Å². The van der Waals surface area contributed by atoms with Gasteiger partial charge in [0.15, 0.2) is 23.9 Å². The number of pyridine rings is 1. The maximum atomic E-state index is 12.4. The van der Waals surface area contributed by atoms with Gasteiger partial charge >= 0.3 is 18.1 Å². The number of aromatic nitrogens is 1. The number of esters is 2. The van der Waals surface area contributed by atoms with Crippen molar-refractivity contribution >= 4 is 23.8 Å². The van der Waals surface area contributed by atoms with E-state index < -0.39 is 34.9 Å². The lowest BCUT2D eigenvalue weighted by Gasteiger charge is -2.21. The number of nitrogens with zero attached hydrogens (tertiary/aromatic N) is 1. The first-order chi connectivity index (χ1) is 17.7. The fourth-order valence-electron chi connectivity index (χ4n) is 2.52. The van der Waals surface area contributed by atoms with Gasteiger partial charge in [0, 0.05) is 12.6 Å². The van der Waals surface area contributed by atoms with E-state index in [2.05, 4.69) is 5.32 Å². The van der Waals surface area contributed by atoms with Crippen molar-refractivity contribution in [3.8, 4) is 11.5 Å². The lowest BCUT2D eigenvalue weighted by atomic mass is 9.97. The van der Waals surface area contributed by atoms with Crippen LogP contribution in [0.5, 0.6) is 11.5 Å². The predicted molar refractivity (Wildman–Crippen MR) is 131 cm³/mol. The van der Waals surface area contributed by atoms with Gasteiger partial charge in [-0.15, -0.1) is 0 Å². The number of alkyl halides is 3. The average Bonchev–Trinajstić information content (AvgIpc) is 2.79. The van der Waals surface area contributed by atoms with Gasteiger partial charge in [0.25, 0.3) is 5.91 Å². The number of nitrogens with one attached hydrogen (secondary N) is 1. The molecular formula is C27H33F3N2O7. The first kappa shape index (κ1) is 33.1. The topological polar surface area (TPSA) is 126 Å². The fourth-order valence-corrected chi connectivity index (χ4v) is 2.52. The number of hydrogen-bond donors (Lipinski definition) is 1. The van der Waals surface area contributed by atoms with Gasteiger partial charge in [-0.1, -0.05) is 6.07 Å². The van der Waals surface area contributed by atoms with Gasteiger partial charge in [-0.3, -0.25) is 14.4 Å². The number of aryl methyl sites for hydroxylation is 1. The molecule has 0 aliphatic heterocycles. The molecule has 0 saturated carbocycles. The zero-order chi connectivity index (χ0) is 30.2. The van der Waals surface area contributed by atoms with E-state index in [1.165, 1.54) is 0 Å². The van der Waals surface area contributed by atoms with Gasteiger partial charge in [-0.05, 0) is 71.7 Å². The number of carbonyl (C=O) groups excluding carboxylic acids is 4. The second-order valence-corrected chi connectivity index (χ2v) is 10.6. The number of carboxylic acids is 1. The first-order valence-corrected chi connectivity index (χ1v) is 11.8. The molecule has 1 aromatic carbocycles. The van der Waals surface area contributed by atoms with E-state index in [0.29, 0.717) is 18.5 Å². The summed E-state index contributed by atoms with van der Waals surface area (Å²) in [6, 6.07) is 8.63. The molecule has 0 saturated heterocycles. The Kier molecular flexibility index (Phi) is 11.2. The Morgan fingerprint density at radius 1 is 0.897 bits per heavy atom. The molecule has 0 unspecified atom stereocenters. The van der Waals surface area contributed by atoms with E-state index in [-0.39, 0.29) is 17.4 Å². The molecule has 1 heterocycles. The first-order valence-electron chi connectivity index (χ1n) is 11.8. The molecule has 1 aromatic heterocycles. The highest BCUT2D eigenvalue weighted by atomic mass is 19.4. The van der Waals surface area contributed by atoms with Gasteiger partial charge in [0.1, 0.15) is 18.6 Å². The zero-order valence-electron chi connectivity index (χ0n) is 22.9. The van der Waals surface area contributed by atoms with Crippen molar-refractivity contribution < 1.29 is 51.5 Å². The average molecular weight is 555 g/mol. The van der Waals surface area contributed by atoms with Crippen molar-refractivity contribution in [2.24, 2.45) is 17.9 Å². The number of halogens is 3. The van der Waals surface area contributed by atoms with Crippen LogP contribution in [0.25, 0.3) is 0 Å². The van der Waals surface area contributed by atoms with E-state index in [1.807, 2.05) is 23.9 Å². The van der Waals surface area contributed by atoms with Crippen molar-refractivity contribution in [2.45, 2.75) is 54.1 Å². The van der Waals surface area contributed by atoms with E-state index in [4.69, 9.17) is 19.4 Å². The van der Waals surface area contributed by atoms with Crippen LogP contribution < -0.4 is 24.5 Å². The van der Waals surface area contributed by atoms with Crippen LogP contribution in [-0.4, -0.2) is 36.5 Å². The van der Waals surface area contributed by atoms with Crippen molar-refractivity contribution in [1.29, 1.82) is 0 Å². The molecule has 0 atom stereocenters. The molecule has 2 rings (SSSR count). The van der Waals surface area contributed by atoms with Crippen LogP contribution in [0.4, 0.5) is 13.2 Å². The Morgan fingerprint density at radius 2 is 1.41 bits per heavy atom. The summed E-state index contributed by atoms with van der Waals surface area (Å²) in [4.78, 5) is 45.9. The lowest BCUT2D eigenvalue weighted by Crippen LogP contribution is -2.37. The molecule has 214 valence electrons. The standard InChI is InChI=1S/C25H32N2O5.C2HF3O2/c1-24(2,3)22(29)31-19-11-10-17(15-20(19)32-23(30)25(4,5)6)12-13-26-21(28)18-9-8-14-27(7)16-18;3-2(4,5)1(6)7/h8-11,14-16H,12-13H2,1-7H3;(H,6,7). The number of aliphatic carboxylic acids is 1. The van der Waals surface area contributed by atoms with Gasteiger partial charge in [-0.25, -0.2) is 4.57 Å². The van der Waals surface area contributed by atoms with Gasteiger partial charge in [0.2, 0.25) is 0 Å². The molecular weight excluding hydrogens is 521 g/mol. The van der Waals surface area contributed by atoms with E-state index >= 15 is 0 Å². The molecule has 2 aromatic rings. The van der Waals surface area contributed by atoms with Crippen molar-refractivity contribution in [1.82, 2.24) is 5.32 Å². The van der Waals surface area contributed by atoms with Crippen LogP contribution in [0.2, 0.25) is 0 Å². The summed E-state index contributed by atoms with van der Waals surface area (Å²) in [5.74, 6) is -3.67. The van der Waals surface area contributed by atoms with Gasteiger partial charge < -0.3 is 24.7 Å². The highest BCUT2D eigenvalue weighted by molar-refractivity contribution is 5.93. The van der Waals surface area contributed by atoms with Crippen LogP contribution in [0.1, 0.15) is 57.5 Å². The minimum Gasteiger partial charge on any atom is -0.542 e. The van der Waals surface area contributed by atoms with Gasteiger partial charge in [0.05, 0.1) is 10.8 Å². The van der Waals surface area contributed by atoms with Crippen LogP contribution in [0, 0.1) is 10.8 Å². The third-order valence-corrected chi connectivity index (χ3v) is 4.77. The molecule has 1 amide bonds. The molecule has 0 spiro atoms. The highest BCUT2D eigenvalue weighted by Crippen LogP contribution is 2.32. The van der Waals surface area contributed by atoms with Crippen LogP contribution in [-0.2, 0) is 27.9 Å². The van der Waals surface area contributed by atoms with Gasteiger partial charge in [-0.2, -0.15) is 13.2 Å². The molecule has 0 bridgehead atoms. The molecule has 39 heavy (non-hydrogen) atoms. The highest BCUT2D eigenvalue weighted by Gasteiger charge is 2.29. The van der Waals surface area contributed by atoms with Crippen molar-refractivity contribution in [2.75, 3.05) is 6.54 Å². The number of rotatable bonds is 6. The lowest BCUT2D eigenvalue weighted by molar-refractivity contribution is -0.671. The summed E-state index contributed by atoms with van der Waals surface area (Å²) in [6.07, 6.45) is -1.08. The maximum Gasteiger partial charge on any atom is 0.430 e. The molecule has 0 radical (unpaired) electrons. The Hall–Kier alpha value is -3.96. The van der Waals surface area contributed by atoms with E-state index in [9.17, 15) is 27.6 Å². The number of amides is 1. The largest absolute Gasteiger partial charge is 0.542 e. The fraction of sp³-hybridized carbons (Fsp3) is 0.444. The molecule has 0 aliphatic rings. The predicted octanol–water partition coefficient (Wildman–Crippen LogP) is 2.69. The Balaban J connectivity index is 0.000000956. The van der Waals surface area contributed by atoms with E-state index in [1.54, 1.807) is 72.0 Å². The second-order valence-electron chi connectivity index (χ2n) is 10.6. The Labute approximate surface area is 224 Å². The summed E-state index contributed by atoms with van der Waals surface area (Å²) in [5, 5.41) is 11.7. The summed E-state index contributed by atoms with van der Waals surface area (Å²) < 4.78 is 44.4. The number of ether oxygens (including phenoxy) is 2. The molecule has 0 aliphatic carbocycles. The number of carboxylic acid groups (broad SMARTS) is 1.